The Morgan fingerprint density at radius 3 is 2.60 bits per heavy atom. The molecule has 6 heteroatoms. The molecule has 104 valence electrons. The average molecular weight is 374 g/mol. The van der Waals surface area contributed by atoms with Crippen molar-refractivity contribution in [2.75, 3.05) is 10.6 Å². The molecule has 0 aliphatic rings. The summed E-state index contributed by atoms with van der Waals surface area (Å²) in [5.41, 5.74) is 2.42. The molecule has 0 aliphatic carbocycles. The molecule has 2 aromatic rings. The Morgan fingerprint density at radius 2 is 1.90 bits per heavy atom. The summed E-state index contributed by atoms with van der Waals surface area (Å²) >= 11 is 14.6. The van der Waals surface area contributed by atoms with Crippen LogP contribution in [0.25, 0.3) is 0 Å². The highest BCUT2D eigenvalue weighted by Gasteiger charge is 2.06. The fourth-order valence-corrected chi connectivity index (χ4v) is 2.45. The van der Waals surface area contributed by atoms with Crippen LogP contribution in [0.1, 0.15) is 5.56 Å². The molecule has 0 radical (unpaired) electrons. The smallest absolute Gasteiger partial charge is 0.175 e. The van der Waals surface area contributed by atoms with Crippen LogP contribution in [-0.2, 0) is 0 Å². The third-order valence-electron chi connectivity index (χ3n) is 2.70. The van der Waals surface area contributed by atoms with E-state index < -0.39 is 0 Å². The minimum absolute atomic E-state index is 0.313. The molecule has 0 atom stereocenters. The van der Waals surface area contributed by atoms with Crippen molar-refractivity contribution in [1.82, 2.24) is 0 Å². The fourth-order valence-electron chi connectivity index (χ4n) is 1.61. The van der Waals surface area contributed by atoms with E-state index in [2.05, 4.69) is 26.6 Å². The van der Waals surface area contributed by atoms with E-state index in [1.165, 1.54) is 12.1 Å². The average Bonchev–Trinajstić information content (AvgIpc) is 2.38. The molecular weight excluding hydrogens is 363 g/mol. The van der Waals surface area contributed by atoms with Gasteiger partial charge in [0.05, 0.1) is 5.69 Å². The maximum atomic E-state index is 13.0. The molecule has 0 amide bonds. The van der Waals surface area contributed by atoms with Gasteiger partial charge in [-0.2, -0.15) is 0 Å². The summed E-state index contributed by atoms with van der Waals surface area (Å²) < 4.78 is 13.6. The van der Waals surface area contributed by atoms with E-state index in [0.29, 0.717) is 20.3 Å². The number of thiocarbonyl (C=S) groups is 1. The molecule has 0 aromatic heterocycles. The van der Waals surface area contributed by atoms with E-state index >= 15 is 0 Å². The van der Waals surface area contributed by atoms with Crippen LogP contribution >= 0.6 is 39.7 Å². The predicted molar refractivity (Wildman–Crippen MR) is 90.1 cm³/mol. The molecule has 0 spiro atoms. The van der Waals surface area contributed by atoms with E-state index in [-0.39, 0.29) is 5.82 Å². The van der Waals surface area contributed by atoms with Crippen LogP contribution in [0.4, 0.5) is 15.8 Å². The third kappa shape index (κ3) is 3.69. The summed E-state index contributed by atoms with van der Waals surface area (Å²) in [5, 5.41) is 7.13. The number of halogens is 3. The van der Waals surface area contributed by atoms with Crippen molar-refractivity contribution >= 4 is 56.2 Å². The highest BCUT2D eigenvalue weighted by molar-refractivity contribution is 9.10. The molecule has 20 heavy (non-hydrogen) atoms. The quantitative estimate of drug-likeness (QED) is 0.693. The summed E-state index contributed by atoms with van der Waals surface area (Å²) in [6, 6.07) is 9.88. The Kier molecular flexibility index (Phi) is 4.96. The largest absolute Gasteiger partial charge is 0.332 e. The second kappa shape index (κ2) is 6.52. The van der Waals surface area contributed by atoms with Crippen LogP contribution in [-0.4, -0.2) is 5.11 Å². The number of nitrogens with one attached hydrogen (secondary N) is 2. The lowest BCUT2D eigenvalue weighted by molar-refractivity contribution is 0.627. The number of rotatable bonds is 2. The van der Waals surface area contributed by atoms with Gasteiger partial charge in [-0.25, -0.2) is 4.39 Å². The van der Waals surface area contributed by atoms with Crippen LogP contribution in [0, 0.1) is 12.7 Å². The molecule has 0 fully saturated rings. The van der Waals surface area contributed by atoms with E-state index in [0.717, 1.165) is 11.3 Å². The molecule has 0 bridgehead atoms. The van der Waals surface area contributed by atoms with Gasteiger partial charge in [-0.05, 0) is 71.0 Å². The van der Waals surface area contributed by atoms with Gasteiger partial charge in [0.25, 0.3) is 0 Å². The summed E-state index contributed by atoms with van der Waals surface area (Å²) in [7, 11) is 0. The van der Waals surface area contributed by atoms with Crippen molar-refractivity contribution in [3.8, 4) is 0 Å². The van der Waals surface area contributed by atoms with E-state index in [9.17, 15) is 4.39 Å². The Bertz CT molecular complexity index is 664. The molecule has 0 unspecified atom stereocenters. The number of benzene rings is 2. The van der Waals surface area contributed by atoms with Crippen LogP contribution in [0.5, 0.6) is 0 Å². The highest BCUT2D eigenvalue weighted by Crippen LogP contribution is 2.25. The summed E-state index contributed by atoms with van der Waals surface area (Å²) in [6.45, 7) is 1.90. The first-order valence-electron chi connectivity index (χ1n) is 5.75. The molecule has 2 nitrogen and oxygen atoms in total. The normalized spacial score (nSPS) is 10.2. The van der Waals surface area contributed by atoms with Crippen molar-refractivity contribution in [1.29, 1.82) is 0 Å². The molecule has 2 rings (SSSR count). The van der Waals surface area contributed by atoms with E-state index in [1.54, 1.807) is 6.07 Å². The van der Waals surface area contributed by atoms with Gasteiger partial charge >= 0.3 is 0 Å². The van der Waals surface area contributed by atoms with Crippen molar-refractivity contribution in [2.45, 2.75) is 6.92 Å². The molecule has 0 saturated carbocycles. The highest BCUT2D eigenvalue weighted by atomic mass is 79.9. The van der Waals surface area contributed by atoms with Crippen molar-refractivity contribution in [2.24, 2.45) is 0 Å². The Labute approximate surface area is 135 Å². The maximum absolute atomic E-state index is 13.0. The van der Waals surface area contributed by atoms with Crippen molar-refractivity contribution < 1.29 is 4.39 Å². The van der Waals surface area contributed by atoms with Crippen LogP contribution < -0.4 is 10.6 Å². The second-order valence-electron chi connectivity index (χ2n) is 4.12. The molecule has 0 saturated heterocycles. The van der Waals surface area contributed by atoms with E-state index in [4.69, 9.17) is 23.8 Å². The standard InChI is InChI=1S/C14H11BrClFN2S/c1-8-11(16)3-2-4-12(8)18-14(20)19-13-6-5-9(17)7-10(13)15/h2-7H,1H3,(H2,18,19,20). The zero-order valence-electron chi connectivity index (χ0n) is 10.5. The zero-order chi connectivity index (χ0) is 14.7. The first-order valence-corrected chi connectivity index (χ1v) is 7.33. The first-order chi connectivity index (χ1) is 9.47. The number of hydrogen-bond acceptors (Lipinski definition) is 1. The van der Waals surface area contributed by atoms with Gasteiger partial charge in [-0.15, -0.1) is 0 Å². The second-order valence-corrected chi connectivity index (χ2v) is 5.79. The Hall–Kier alpha value is -1.17. The Balaban J connectivity index is 2.11. The maximum Gasteiger partial charge on any atom is 0.175 e. The SMILES string of the molecule is Cc1c(Cl)cccc1NC(=S)Nc1ccc(F)cc1Br. The van der Waals surface area contributed by atoms with Gasteiger partial charge in [-0.1, -0.05) is 17.7 Å². The minimum atomic E-state index is -0.313. The summed E-state index contributed by atoms with van der Waals surface area (Å²) in [4.78, 5) is 0. The third-order valence-corrected chi connectivity index (χ3v) is 3.96. The lowest BCUT2D eigenvalue weighted by Gasteiger charge is -2.14. The van der Waals surface area contributed by atoms with Gasteiger partial charge in [0.1, 0.15) is 5.82 Å². The first kappa shape index (κ1) is 15.2. The monoisotopic (exact) mass is 372 g/mol. The zero-order valence-corrected chi connectivity index (χ0v) is 13.7. The summed E-state index contributed by atoms with van der Waals surface area (Å²) in [6.07, 6.45) is 0. The lowest BCUT2D eigenvalue weighted by Crippen LogP contribution is -2.20. The van der Waals surface area contributed by atoms with Gasteiger partial charge in [-0.3, -0.25) is 0 Å². The van der Waals surface area contributed by atoms with E-state index in [1.807, 2.05) is 25.1 Å². The van der Waals surface area contributed by atoms with Gasteiger partial charge in [0, 0.05) is 15.2 Å². The molecule has 0 aliphatic heterocycles. The van der Waals surface area contributed by atoms with Crippen LogP contribution in [0.2, 0.25) is 5.02 Å². The van der Waals surface area contributed by atoms with Crippen molar-refractivity contribution in [3.05, 3.63) is 57.3 Å². The minimum Gasteiger partial charge on any atom is -0.332 e. The number of anilines is 2. The van der Waals surface area contributed by atoms with Gasteiger partial charge < -0.3 is 10.6 Å². The molecule has 0 heterocycles. The molecule has 2 N–H and O–H groups in total. The molecular formula is C14H11BrClFN2S. The topological polar surface area (TPSA) is 24.1 Å². The number of hydrogen-bond donors (Lipinski definition) is 2. The van der Waals surface area contributed by atoms with Crippen LogP contribution in [0.3, 0.4) is 0 Å². The predicted octanol–water partition coefficient (Wildman–Crippen LogP) is 5.36. The Morgan fingerprint density at radius 1 is 1.20 bits per heavy atom. The molecule has 2 aromatic carbocycles. The van der Waals surface area contributed by atoms with Gasteiger partial charge in [0.2, 0.25) is 0 Å². The fraction of sp³-hybridized carbons (Fsp3) is 0.0714. The van der Waals surface area contributed by atoms with Gasteiger partial charge in [0.15, 0.2) is 5.11 Å². The van der Waals surface area contributed by atoms with Crippen molar-refractivity contribution in [3.63, 3.8) is 0 Å². The van der Waals surface area contributed by atoms with Crippen LogP contribution in [0.15, 0.2) is 40.9 Å². The summed E-state index contributed by atoms with van der Waals surface area (Å²) in [5.74, 6) is -0.313. The lowest BCUT2D eigenvalue weighted by atomic mass is 10.2.